The molecule has 1 aliphatic heterocycles. The molecule has 1 amide bonds. The number of carbonyl (C=O) groups excluding carboxylic acids is 1. The number of nitrogens with zero attached hydrogens (tertiary/aromatic N) is 1. The van der Waals surface area contributed by atoms with Gasteiger partial charge in [-0.05, 0) is 36.6 Å². The van der Waals surface area contributed by atoms with Crippen molar-refractivity contribution in [3.8, 4) is 0 Å². The van der Waals surface area contributed by atoms with Gasteiger partial charge < -0.3 is 5.11 Å². The van der Waals surface area contributed by atoms with E-state index in [4.69, 9.17) is 5.84 Å². The van der Waals surface area contributed by atoms with E-state index in [0.29, 0.717) is 18.0 Å². The Labute approximate surface area is 127 Å². The summed E-state index contributed by atoms with van der Waals surface area (Å²) in [5.74, 6) is 5.18. The number of aliphatic hydroxyl groups excluding tert-OH is 1. The highest BCUT2D eigenvalue weighted by molar-refractivity contribution is 9.10. The second kappa shape index (κ2) is 6.67. The van der Waals surface area contributed by atoms with Gasteiger partial charge in [-0.1, -0.05) is 28.9 Å². The lowest BCUT2D eigenvalue weighted by molar-refractivity contribution is 0.0258. The number of benzene rings is 1. The number of rotatable bonds is 3. The number of likely N-dealkylation sites (tertiary alicyclic amines) is 1. The Morgan fingerprint density at radius 1 is 1.60 bits per heavy atom. The number of nitrogens with two attached hydrogens (primary N) is 1. The topological polar surface area (TPSA) is 78.6 Å². The number of hydrogen-bond acceptors (Lipinski definition) is 4. The Morgan fingerprint density at radius 2 is 2.35 bits per heavy atom. The van der Waals surface area contributed by atoms with E-state index in [9.17, 15) is 9.90 Å². The molecule has 2 unspecified atom stereocenters. The summed E-state index contributed by atoms with van der Waals surface area (Å²) in [4.78, 5) is 13.7. The lowest BCUT2D eigenvalue weighted by Crippen LogP contribution is -2.42. The molecule has 6 heteroatoms. The van der Waals surface area contributed by atoms with E-state index in [1.165, 1.54) is 0 Å². The van der Waals surface area contributed by atoms with Crippen molar-refractivity contribution in [3.05, 3.63) is 33.8 Å². The molecule has 110 valence electrons. The van der Waals surface area contributed by atoms with Crippen molar-refractivity contribution in [1.82, 2.24) is 10.3 Å². The van der Waals surface area contributed by atoms with Crippen molar-refractivity contribution in [3.63, 3.8) is 0 Å². The van der Waals surface area contributed by atoms with Crippen LogP contribution in [0.1, 0.15) is 29.3 Å². The highest BCUT2D eigenvalue weighted by atomic mass is 79.9. The minimum Gasteiger partial charge on any atom is -0.392 e. The number of piperidine rings is 1. The van der Waals surface area contributed by atoms with Crippen LogP contribution in [0.15, 0.2) is 22.7 Å². The van der Waals surface area contributed by atoms with Crippen LogP contribution in [0.5, 0.6) is 0 Å². The summed E-state index contributed by atoms with van der Waals surface area (Å²) in [6.45, 7) is 4.52. The summed E-state index contributed by atoms with van der Waals surface area (Å²) in [7, 11) is 0. The second-order valence-electron chi connectivity index (χ2n) is 5.35. The number of halogens is 1. The Bertz CT molecular complexity index is 495. The van der Waals surface area contributed by atoms with E-state index in [1.54, 1.807) is 12.1 Å². The highest BCUT2D eigenvalue weighted by Crippen LogP contribution is 2.23. The first-order valence-electron chi connectivity index (χ1n) is 6.71. The van der Waals surface area contributed by atoms with Gasteiger partial charge in [0.1, 0.15) is 0 Å². The van der Waals surface area contributed by atoms with Crippen molar-refractivity contribution >= 4 is 21.8 Å². The number of hydrogen-bond donors (Lipinski definition) is 3. The van der Waals surface area contributed by atoms with Gasteiger partial charge in [0, 0.05) is 23.1 Å². The Hall–Kier alpha value is -0.950. The average molecular weight is 342 g/mol. The lowest BCUT2D eigenvalue weighted by Gasteiger charge is -2.34. The number of hydrazine groups is 1. The first kappa shape index (κ1) is 15.4. The zero-order valence-corrected chi connectivity index (χ0v) is 13.1. The molecule has 1 aromatic rings. The van der Waals surface area contributed by atoms with Crippen LogP contribution >= 0.6 is 15.9 Å². The van der Waals surface area contributed by atoms with Crippen LogP contribution in [0.2, 0.25) is 0 Å². The van der Waals surface area contributed by atoms with Gasteiger partial charge in [0.15, 0.2) is 0 Å². The molecule has 0 aromatic heterocycles. The fraction of sp³-hybridized carbons (Fsp3) is 0.500. The minimum atomic E-state index is -0.306. The summed E-state index contributed by atoms with van der Waals surface area (Å²) in [6, 6.07) is 5.44. The molecule has 0 saturated carbocycles. The van der Waals surface area contributed by atoms with Gasteiger partial charge in [-0.2, -0.15) is 0 Å². The number of carbonyl (C=O) groups is 1. The summed E-state index contributed by atoms with van der Waals surface area (Å²) in [5, 5.41) is 9.92. The van der Waals surface area contributed by atoms with E-state index in [2.05, 4.69) is 33.2 Å². The van der Waals surface area contributed by atoms with Crippen LogP contribution in [0.25, 0.3) is 0 Å². The Balaban J connectivity index is 2.05. The first-order chi connectivity index (χ1) is 9.51. The number of amides is 1. The van der Waals surface area contributed by atoms with Gasteiger partial charge >= 0.3 is 0 Å². The maximum Gasteiger partial charge on any atom is 0.265 e. The predicted molar refractivity (Wildman–Crippen MR) is 80.9 cm³/mol. The molecule has 4 N–H and O–H groups in total. The zero-order chi connectivity index (χ0) is 14.7. The summed E-state index contributed by atoms with van der Waals surface area (Å²) >= 11 is 3.49. The van der Waals surface area contributed by atoms with E-state index in [-0.39, 0.29) is 12.0 Å². The molecule has 1 aromatic carbocycles. The molecular formula is C14H20BrN3O2. The van der Waals surface area contributed by atoms with Crippen LogP contribution in [0.4, 0.5) is 0 Å². The van der Waals surface area contributed by atoms with E-state index in [1.807, 2.05) is 6.07 Å². The van der Waals surface area contributed by atoms with Crippen molar-refractivity contribution in [2.75, 3.05) is 13.1 Å². The van der Waals surface area contributed by atoms with Crippen molar-refractivity contribution in [2.24, 2.45) is 11.8 Å². The number of nitrogens with one attached hydrogen (secondary N) is 1. The third kappa shape index (κ3) is 3.58. The molecule has 2 atom stereocenters. The number of aliphatic hydroxyl groups is 1. The van der Waals surface area contributed by atoms with Crippen molar-refractivity contribution < 1.29 is 9.90 Å². The van der Waals surface area contributed by atoms with Crippen LogP contribution in [-0.4, -0.2) is 35.1 Å². The van der Waals surface area contributed by atoms with E-state index < -0.39 is 0 Å². The SMILES string of the molecule is CC1CCN(Cc2ccc(C(=O)NN)cc2Br)CC1O. The maximum atomic E-state index is 11.4. The molecule has 2 rings (SSSR count). The van der Waals surface area contributed by atoms with Gasteiger partial charge in [0.2, 0.25) is 0 Å². The van der Waals surface area contributed by atoms with Crippen molar-refractivity contribution in [1.29, 1.82) is 0 Å². The number of β-amino-alcohol motifs (C(OH)–C–C–N with tert-alkyl or cyclic N) is 1. The summed E-state index contributed by atoms with van der Waals surface area (Å²) < 4.78 is 0.881. The molecule has 1 aliphatic rings. The van der Waals surface area contributed by atoms with E-state index in [0.717, 1.165) is 29.5 Å². The van der Waals surface area contributed by atoms with Gasteiger partial charge in [-0.25, -0.2) is 5.84 Å². The monoisotopic (exact) mass is 341 g/mol. The van der Waals surface area contributed by atoms with Gasteiger partial charge in [0.05, 0.1) is 6.10 Å². The highest BCUT2D eigenvalue weighted by Gasteiger charge is 2.24. The third-order valence-corrected chi connectivity index (χ3v) is 4.58. The molecular weight excluding hydrogens is 322 g/mol. The van der Waals surface area contributed by atoms with Gasteiger partial charge in [-0.3, -0.25) is 15.1 Å². The quantitative estimate of drug-likeness (QED) is 0.439. The van der Waals surface area contributed by atoms with E-state index >= 15 is 0 Å². The number of nitrogen functional groups attached to an aromatic ring is 1. The van der Waals surface area contributed by atoms with Crippen LogP contribution < -0.4 is 11.3 Å². The van der Waals surface area contributed by atoms with Gasteiger partial charge in [-0.15, -0.1) is 0 Å². The standard InChI is InChI=1S/C14H20BrN3O2/c1-9-4-5-18(8-13(9)19)7-11-3-2-10(6-12(11)15)14(20)17-16/h2-3,6,9,13,19H,4-5,7-8,16H2,1H3,(H,17,20). The molecule has 1 fully saturated rings. The Kier molecular flexibility index (Phi) is 5.15. The first-order valence-corrected chi connectivity index (χ1v) is 7.50. The average Bonchev–Trinajstić information content (AvgIpc) is 2.44. The van der Waals surface area contributed by atoms with Crippen LogP contribution in [-0.2, 0) is 6.54 Å². The second-order valence-corrected chi connectivity index (χ2v) is 6.20. The lowest BCUT2D eigenvalue weighted by atomic mass is 9.95. The zero-order valence-electron chi connectivity index (χ0n) is 11.5. The fourth-order valence-corrected chi connectivity index (χ4v) is 2.90. The molecule has 0 spiro atoms. The molecule has 0 bridgehead atoms. The molecule has 1 saturated heterocycles. The summed E-state index contributed by atoms with van der Waals surface area (Å²) in [6.07, 6.45) is 0.747. The molecule has 0 radical (unpaired) electrons. The normalized spacial score (nSPS) is 23.6. The van der Waals surface area contributed by atoms with Crippen LogP contribution in [0.3, 0.4) is 0 Å². The minimum absolute atomic E-state index is 0.259. The molecule has 5 nitrogen and oxygen atoms in total. The fourth-order valence-electron chi connectivity index (χ4n) is 2.40. The maximum absolute atomic E-state index is 11.4. The largest absolute Gasteiger partial charge is 0.392 e. The van der Waals surface area contributed by atoms with Crippen LogP contribution in [0, 0.1) is 5.92 Å². The molecule has 20 heavy (non-hydrogen) atoms. The Morgan fingerprint density at radius 3 is 2.95 bits per heavy atom. The smallest absolute Gasteiger partial charge is 0.265 e. The van der Waals surface area contributed by atoms with Crippen molar-refractivity contribution in [2.45, 2.75) is 26.0 Å². The predicted octanol–water partition coefficient (Wildman–Crippen LogP) is 1.26. The third-order valence-electron chi connectivity index (χ3n) is 3.84. The molecule has 0 aliphatic carbocycles. The van der Waals surface area contributed by atoms with Gasteiger partial charge in [0.25, 0.3) is 5.91 Å². The summed E-state index contributed by atoms with van der Waals surface area (Å²) in [5.41, 5.74) is 3.74. The molecule has 1 heterocycles.